The van der Waals surface area contributed by atoms with Crippen LogP contribution < -0.4 is 5.32 Å². The van der Waals surface area contributed by atoms with Crippen molar-refractivity contribution in [2.45, 2.75) is 46.1 Å². The highest BCUT2D eigenvalue weighted by atomic mass is 32.1. The van der Waals surface area contributed by atoms with Gasteiger partial charge in [-0.2, -0.15) is 0 Å². The molecule has 0 saturated carbocycles. The van der Waals surface area contributed by atoms with Crippen LogP contribution >= 0.6 is 11.3 Å². The Morgan fingerprint density at radius 3 is 2.58 bits per heavy atom. The molecule has 0 spiro atoms. The number of thiophene rings is 1. The van der Waals surface area contributed by atoms with E-state index >= 15 is 0 Å². The molecule has 106 valence electrons. The number of nitro groups is 1. The zero-order chi connectivity index (χ0) is 14.4. The Bertz CT molecular complexity index is 443. The smallest absolute Gasteiger partial charge is 0.324 e. The maximum atomic E-state index is 11.9. The van der Waals surface area contributed by atoms with Crippen molar-refractivity contribution < 1.29 is 9.72 Å². The van der Waals surface area contributed by atoms with Crippen molar-refractivity contribution in [3.63, 3.8) is 0 Å². The van der Waals surface area contributed by atoms with Gasteiger partial charge in [0.2, 0.25) is 0 Å². The molecule has 0 fully saturated rings. The molecule has 19 heavy (non-hydrogen) atoms. The zero-order valence-electron chi connectivity index (χ0n) is 11.5. The number of hydrogen-bond donors (Lipinski definition) is 1. The van der Waals surface area contributed by atoms with Crippen LogP contribution in [0, 0.1) is 16.0 Å². The van der Waals surface area contributed by atoms with Crippen LogP contribution in [0.5, 0.6) is 0 Å². The van der Waals surface area contributed by atoms with Crippen LogP contribution in [0.15, 0.2) is 12.1 Å². The lowest BCUT2D eigenvalue weighted by Gasteiger charge is -2.13. The number of hydrogen-bond acceptors (Lipinski definition) is 4. The van der Waals surface area contributed by atoms with Gasteiger partial charge in [0.05, 0.1) is 9.80 Å². The van der Waals surface area contributed by atoms with Gasteiger partial charge in [-0.1, -0.05) is 38.0 Å². The molecule has 0 radical (unpaired) electrons. The van der Waals surface area contributed by atoms with E-state index in [1.807, 2.05) is 6.92 Å². The molecule has 1 unspecified atom stereocenters. The van der Waals surface area contributed by atoms with Gasteiger partial charge in [0, 0.05) is 12.1 Å². The fourth-order valence-electron chi connectivity index (χ4n) is 1.75. The van der Waals surface area contributed by atoms with E-state index in [1.165, 1.54) is 12.1 Å². The summed E-state index contributed by atoms with van der Waals surface area (Å²) in [7, 11) is 0. The second-order valence-corrected chi connectivity index (χ2v) is 6.16. The van der Waals surface area contributed by atoms with Gasteiger partial charge in [-0.05, 0) is 25.3 Å². The minimum absolute atomic E-state index is 0.00221. The largest absolute Gasteiger partial charge is 0.349 e. The van der Waals surface area contributed by atoms with Crippen molar-refractivity contribution in [3.05, 3.63) is 27.1 Å². The van der Waals surface area contributed by atoms with Gasteiger partial charge < -0.3 is 5.32 Å². The Hall–Kier alpha value is -1.43. The summed E-state index contributed by atoms with van der Waals surface area (Å²) in [6, 6.07) is 2.95. The first-order valence-electron chi connectivity index (χ1n) is 6.45. The molecule has 5 nitrogen and oxygen atoms in total. The van der Waals surface area contributed by atoms with Gasteiger partial charge in [-0.15, -0.1) is 0 Å². The summed E-state index contributed by atoms with van der Waals surface area (Å²) in [5.74, 6) is 0.443. The Balaban J connectivity index is 2.42. The van der Waals surface area contributed by atoms with Crippen LogP contribution in [0.25, 0.3) is 0 Å². The molecule has 1 rings (SSSR count). The molecule has 6 heteroatoms. The predicted molar refractivity (Wildman–Crippen MR) is 76.6 cm³/mol. The summed E-state index contributed by atoms with van der Waals surface area (Å²) in [4.78, 5) is 22.3. The van der Waals surface area contributed by atoms with E-state index in [0.29, 0.717) is 10.8 Å². The third-order valence-corrected chi connectivity index (χ3v) is 3.83. The maximum Gasteiger partial charge on any atom is 0.324 e. The van der Waals surface area contributed by atoms with Gasteiger partial charge in [-0.25, -0.2) is 0 Å². The fourth-order valence-corrected chi connectivity index (χ4v) is 2.47. The zero-order valence-corrected chi connectivity index (χ0v) is 12.3. The van der Waals surface area contributed by atoms with Gasteiger partial charge in [-0.3, -0.25) is 14.9 Å². The second kappa shape index (κ2) is 7.23. The molecule has 1 heterocycles. The van der Waals surface area contributed by atoms with Crippen molar-refractivity contribution in [2.75, 3.05) is 0 Å². The van der Waals surface area contributed by atoms with Crippen LogP contribution in [0.3, 0.4) is 0 Å². The molecule has 0 saturated heterocycles. The number of nitrogens with zero attached hydrogens (tertiary/aromatic N) is 1. The molecule has 0 aliphatic rings. The van der Waals surface area contributed by atoms with E-state index in [2.05, 4.69) is 19.2 Å². The standard InChI is InChI=1S/C13H20N2O3S/c1-9(2)5-4-6-10(3)14-13(16)11-7-8-12(19-11)15(17)18/h7-10H,4-6H2,1-3H3,(H,14,16). The van der Waals surface area contributed by atoms with E-state index in [9.17, 15) is 14.9 Å². The normalized spacial score (nSPS) is 12.4. The Kier molecular flexibility index (Phi) is 5.95. The summed E-state index contributed by atoms with van der Waals surface area (Å²) in [6.45, 7) is 6.31. The average Bonchev–Trinajstić information content (AvgIpc) is 2.77. The molecule has 0 bridgehead atoms. The van der Waals surface area contributed by atoms with Crippen molar-refractivity contribution in [1.29, 1.82) is 0 Å². The number of carbonyl (C=O) groups is 1. The highest BCUT2D eigenvalue weighted by molar-refractivity contribution is 7.17. The van der Waals surface area contributed by atoms with E-state index in [4.69, 9.17) is 0 Å². The van der Waals surface area contributed by atoms with Crippen molar-refractivity contribution in [2.24, 2.45) is 5.92 Å². The van der Waals surface area contributed by atoms with Crippen LogP contribution in [0.2, 0.25) is 0 Å². The van der Waals surface area contributed by atoms with Gasteiger partial charge >= 0.3 is 5.00 Å². The Labute approximate surface area is 117 Å². The topological polar surface area (TPSA) is 72.2 Å². The summed E-state index contributed by atoms with van der Waals surface area (Å²) in [5, 5.41) is 13.4. The predicted octanol–water partition coefficient (Wildman–Crippen LogP) is 3.60. The first kappa shape index (κ1) is 15.6. The van der Waals surface area contributed by atoms with E-state index in [-0.39, 0.29) is 17.0 Å². The molecule has 1 aromatic heterocycles. The minimum Gasteiger partial charge on any atom is -0.349 e. The number of rotatable bonds is 7. The third kappa shape index (κ3) is 5.38. The average molecular weight is 284 g/mol. The first-order chi connectivity index (χ1) is 8.90. The Morgan fingerprint density at radius 1 is 1.37 bits per heavy atom. The van der Waals surface area contributed by atoms with E-state index in [0.717, 1.165) is 30.6 Å². The summed E-state index contributed by atoms with van der Waals surface area (Å²) >= 11 is 0.909. The molecule has 0 aliphatic carbocycles. The highest BCUT2D eigenvalue weighted by Crippen LogP contribution is 2.23. The molecular formula is C13H20N2O3S. The molecular weight excluding hydrogens is 264 g/mol. The minimum atomic E-state index is -0.479. The number of carbonyl (C=O) groups excluding carboxylic acids is 1. The summed E-state index contributed by atoms with van der Waals surface area (Å²) < 4.78 is 0. The lowest BCUT2D eigenvalue weighted by atomic mass is 10.0. The quantitative estimate of drug-likeness (QED) is 0.614. The van der Waals surface area contributed by atoms with Crippen molar-refractivity contribution in [1.82, 2.24) is 5.32 Å². The van der Waals surface area contributed by atoms with E-state index < -0.39 is 4.92 Å². The molecule has 1 amide bonds. The lowest BCUT2D eigenvalue weighted by molar-refractivity contribution is -0.380. The maximum absolute atomic E-state index is 11.9. The fraction of sp³-hybridized carbons (Fsp3) is 0.615. The first-order valence-corrected chi connectivity index (χ1v) is 7.27. The van der Waals surface area contributed by atoms with Gasteiger partial charge in [0.1, 0.15) is 0 Å². The molecule has 1 atom stereocenters. The lowest BCUT2D eigenvalue weighted by Crippen LogP contribution is -2.31. The summed E-state index contributed by atoms with van der Waals surface area (Å²) in [6.07, 6.45) is 3.14. The molecule has 1 aromatic rings. The second-order valence-electron chi connectivity index (χ2n) is 5.09. The van der Waals surface area contributed by atoms with Crippen molar-refractivity contribution in [3.8, 4) is 0 Å². The van der Waals surface area contributed by atoms with Crippen LogP contribution in [0.1, 0.15) is 49.7 Å². The Morgan fingerprint density at radius 2 is 2.05 bits per heavy atom. The van der Waals surface area contributed by atoms with E-state index in [1.54, 1.807) is 0 Å². The molecule has 0 aromatic carbocycles. The molecule has 1 N–H and O–H groups in total. The van der Waals surface area contributed by atoms with Crippen LogP contribution in [-0.4, -0.2) is 16.9 Å². The number of amides is 1. The van der Waals surface area contributed by atoms with Gasteiger partial charge in [0.25, 0.3) is 5.91 Å². The highest BCUT2D eigenvalue weighted by Gasteiger charge is 2.16. The number of nitrogens with one attached hydrogen (secondary N) is 1. The monoisotopic (exact) mass is 284 g/mol. The summed E-state index contributed by atoms with van der Waals surface area (Å²) in [5.41, 5.74) is 0. The van der Waals surface area contributed by atoms with Crippen LogP contribution in [-0.2, 0) is 0 Å². The molecule has 0 aliphatic heterocycles. The van der Waals surface area contributed by atoms with Crippen LogP contribution in [0.4, 0.5) is 5.00 Å². The van der Waals surface area contributed by atoms with Crippen molar-refractivity contribution >= 4 is 22.2 Å². The van der Waals surface area contributed by atoms with Gasteiger partial charge in [0.15, 0.2) is 0 Å². The third-order valence-electron chi connectivity index (χ3n) is 2.79. The SMILES string of the molecule is CC(C)CCCC(C)NC(=O)c1ccc([N+](=O)[O-])s1.